The smallest absolute Gasteiger partial charge is 0.250 e. The first-order valence-electron chi connectivity index (χ1n) is 9.55. The van der Waals surface area contributed by atoms with Crippen molar-refractivity contribution >= 4 is 27.0 Å². The van der Waals surface area contributed by atoms with Gasteiger partial charge in [-0.25, -0.2) is 13.1 Å². The number of nitrogens with zero attached hydrogens (tertiary/aromatic N) is 4. The van der Waals surface area contributed by atoms with Crippen LogP contribution in [-0.2, 0) is 10.0 Å². The van der Waals surface area contributed by atoms with E-state index < -0.39 is 10.0 Å². The van der Waals surface area contributed by atoms with Crippen molar-refractivity contribution in [2.75, 3.05) is 27.4 Å². The Labute approximate surface area is 188 Å². The lowest BCUT2D eigenvalue weighted by Gasteiger charge is -2.10. The molecule has 4 rings (SSSR count). The summed E-state index contributed by atoms with van der Waals surface area (Å²) in [5.74, 6) is 1.98. The number of aromatic nitrogens is 4. The molecule has 0 saturated carbocycles. The SMILES string of the molecule is COc1ccc(OC)c(-c2nnc3ccc(OCCNS(=O)(=O)c4ccc(C)s4)nn23)c1. The fourth-order valence-corrected chi connectivity index (χ4v) is 5.31. The molecule has 0 aliphatic rings. The maximum Gasteiger partial charge on any atom is 0.250 e. The number of aryl methyl sites for hydroxylation is 1. The molecule has 0 spiro atoms. The maximum absolute atomic E-state index is 12.3. The number of sulfonamides is 1. The minimum Gasteiger partial charge on any atom is -0.497 e. The van der Waals surface area contributed by atoms with Crippen LogP contribution in [0.4, 0.5) is 0 Å². The molecular formula is C20H21N5O5S2. The highest BCUT2D eigenvalue weighted by Gasteiger charge is 2.17. The number of ether oxygens (including phenoxy) is 3. The van der Waals surface area contributed by atoms with Gasteiger partial charge in [0.2, 0.25) is 15.9 Å². The Morgan fingerprint density at radius 2 is 1.91 bits per heavy atom. The molecule has 10 nitrogen and oxygen atoms in total. The highest BCUT2D eigenvalue weighted by atomic mass is 32.2. The molecule has 0 radical (unpaired) electrons. The minimum absolute atomic E-state index is 0.0950. The molecule has 0 bridgehead atoms. The summed E-state index contributed by atoms with van der Waals surface area (Å²) in [6.45, 7) is 2.05. The highest BCUT2D eigenvalue weighted by molar-refractivity contribution is 7.91. The second-order valence-electron chi connectivity index (χ2n) is 6.64. The molecule has 12 heteroatoms. The number of nitrogens with one attached hydrogen (secondary N) is 1. The molecule has 3 heterocycles. The number of benzene rings is 1. The van der Waals surface area contributed by atoms with Crippen molar-refractivity contribution in [2.45, 2.75) is 11.1 Å². The van der Waals surface area contributed by atoms with Gasteiger partial charge in [-0.3, -0.25) is 0 Å². The van der Waals surface area contributed by atoms with Crippen molar-refractivity contribution in [2.24, 2.45) is 0 Å². The van der Waals surface area contributed by atoms with Crippen LogP contribution in [0.5, 0.6) is 17.4 Å². The second-order valence-corrected chi connectivity index (χ2v) is 9.92. The van der Waals surface area contributed by atoms with Gasteiger partial charge in [-0.15, -0.1) is 26.6 Å². The van der Waals surface area contributed by atoms with Gasteiger partial charge in [-0.05, 0) is 43.3 Å². The fraction of sp³-hybridized carbons (Fsp3) is 0.250. The Morgan fingerprint density at radius 1 is 1.06 bits per heavy atom. The first kappa shape index (κ1) is 22.0. The summed E-state index contributed by atoms with van der Waals surface area (Å²) in [6.07, 6.45) is 0. The molecule has 4 aromatic rings. The molecule has 3 aromatic heterocycles. The van der Waals surface area contributed by atoms with Crippen molar-refractivity contribution < 1.29 is 22.6 Å². The van der Waals surface area contributed by atoms with Crippen LogP contribution in [0.15, 0.2) is 46.7 Å². The first-order chi connectivity index (χ1) is 15.4. The largest absolute Gasteiger partial charge is 0.497 e. The summed E-state index contributed by atoms with van der Waals surface area (Å²) < 4.78 is 45.3. The second kappa shape index (κ2) is 9.10. The Morgan fingerprint density at radius 3 is 2.62 bits per heavy atom. The molecule has 32 heavy (non-hydrogen) atoms. The summed E-state index contributed by atoms with van der Waals surface area (Å²) in [5, 5.41) is 12.8. The van der Waals surface area contributed by atoms with Gasteiger partial charge in [0.15, 0.2) is 11.5 Å². The molecule has 1 N–H and O–H groups in total. The zero-order chi connectivity index (χ0) is 22.7. The van der Waals surface area contributed by atoms with E-state index in [9.17, 15) is 8.42 Å². The van der Waals surface area contributed by atoms with Gasteiger partial charge in [0.05, 0.1) is 19.8 Å². The van der Waals surface area contributed by atoms with Crippen molar-refractivity contribution in [3.8, 4) is 28.8 Å². The third-order valence-electron chi connectivity index (χ3n) is 4.51. The molecule has 0 aliphatic heterocycles. The van der Waals surface area contributed by atoms with Crippen LogP contribution in [0, 0.1) is 6.92 Å². The van der Waals surface area contributed by atoms with Crippen molar-refractivity contribution in [3.63, 3.8) is 0 Å². The van der Waals surface area contributed by atoms with E-state index in [1.54, 1.807) is 56.7 Å². The molecule has 0 fully saturated rings. The van der Waals surface area contributed by atoms with E-state index in [4.69, 9.17) is 14.2 Å². The van der Waals surface area contributed by atoms with Crippen LogP contribution in [0.3, 0.4) is 0 Å². The Hall–Kier alpha value is -3.22. The fourth-order valence-electron chi connectivity index (χ4n) is 2.97. The lowest BCUT2D eigenvalue weighted by Crippen LogP contribution is -2.27. The Balaban J connectivity index is 1.50. The van der Waals surface area contributed by atoms with Crippen molar-refractivity contribution in [1.29, 1.82) is 0 Å². The molecule has 0 aliphatic carbocycles. The Kier molecular flexibility index (Phi) is 6.26. The lowest BCUT2D eigenvalue weighted by atomic mass is 10.2. The van der Waals surface area contributed by atoms with Crippen LogP contribution in [0.2, 0.25) is 0 Å². The van der Waals surface area contributed by atoms with Gasteiger partial charge in [-0.2, -0.15) is 4.52 Å². The number of methoxy groups -OCH3 is 2. The molecule has 0 saturated heterocycles. The van der Waals surface area contributed by atoms with Crippen LogP contribution >= 0.6 is 11.3 Å². The van der Waals surface area contributed by atoms with Crippen LogP contribution in [-0.4, -0.2) is 55.6 Å². The summed E-state index contributed by atoms with van der Waals surface area (Å²) in [5.41, 5.74) is 1.17. The molecule has 0 unspecified atom stereocenters. The summed E-state index contributed by atoms with van der Waals surface area (Å²) >= 11 is 1.22. The number of hydrogen-bond acceptors (Lipinski definition) is 9. The maximum atomic E-state index is 12.3. The lowest BCUT2D eigenvalue weighted by molar-refractivity contribution is 0.306. The summed E-state index contributed by atoms with van der Waals surface area (Å²) in [6, 6.07) is 12.0. The van der Waals surface area contributed by atoms with Gasteiger partial charge >= 0.3 is 0 Å². The minimum atomic E-state index is -3.56. The van der Waals surface area contributed by atoms with E-state index in [2.05, 4.69) is 20.0 Å². The van der Waals surface area contributed by atoms with Crippen molar-refractivity contribution in [1.82, 2.24) is 24.5 Å². The standard InChI is InChI=1S/C20H21N5O5S2/c1-13-4-9-19(31-13)32(26,27)21-10-11-30-18-8-7-17-22-23-20(25(17)24-18)15-12-14(28-2)5-6-16(15)29-3/h4-9,12,21H,10-11H2,1-3H3. The van der Waals surface area contributed by atoms with Gasteiger partial charge in [0, 0.05) is 17.5 Å². The number of hydrogen-bond donors (Lipinski definition) is 1. The predicted molar refractivity (Wildman–Crippen MR) is 119 cm³/mol. The monoisotopic (exact) mass is 475 g/mol. The van der Waals surface area contributed by atoms with E-state index in [0.717, 1.165) is 4.88 Å². The number of fused-ring (bicyclic) bond motifs is 1. The number of rotatable bonds is 9. The van der Waals surface area contributed by atoms with Gasteiger partial charge in [0.1, 0.15) is 22.3 Å². The average molecular weight is 476 g/mol. The van der Waals surface area contributed by atoms with E-state index in [0.29, 0.717) is 34.4 Å². The van der Waals surface area contributed by atoms with E-state index in [1.165, 1.54) is 15.9 Å². The zero-order valence-corrected chi connectivity index (χ0v) is 19.2. The quantitative estimate of drug-likeness (QED) is 0.367. The molecule has 0 atom stereocenters. The Bertz CT molecular complexity index is 1350. The third-order valence-corrected chi connectivity index (χ3v) is 7.46. The molecule has 0 amide bonds. The normalized spacial score (nSPS) is 11.6. The number of thiophene rings is 1. The van der Waals surface area contributed by atoms with Gasteiger partial charge < -0.3 is 14.2 Å². The topological polar surface area (TPSA) is 117 Å². The van der Waals surface area contributed by atoms with Gasteiger partial charge in [-0.1, -0.05) is 0 Å². The zero-order valence-electron chi connectivity index (χ0n) is 17.6. The van der Waals surface area contributed by atoms with E-state index >= 15 is 0 Å². The summed E-state index contributed by atoms with van der Waals surface area (Å²) in [7, 11) is -0.420. The van der Waals surface area contributed by atoms with Crippen LogP contribution in [0.1, 0.15) is 4.88 Å². The summed E-state index contributed by atoms with van der Waals surface area (Å²) in [4.78, 5) is 0.927. The molecule has 1 aromatic carbocycles. The third kappa shape index (κ3) is 4.52. The van der Waals surface area contributed by atoms with E-state index in [-0.39, 0.29) is 17.4 Å². The predicted octanol–water partition coefficient (Wildman–Crippen LogP) is 2.54. The van der Waals surface area contributed by atoms with Crippen LogP contribution < -0.4 is 18.9 Å². The molecular weight excluding hydrogens is 454 g/mol. The van der Waals surface area contributed by atoms with E-state index in [1.807, 2.05) is 6.92 Å². The van der Waals surface area contributed by atoms with Crippen LogP contribution in [0.25, 0.3) is 17.0 Å². The first-order valence-corrected chi connectivity index (χ1v) is 11.8. The van der Waals surface area contributed by atoms with Gasteiger partial charge in [0.25, 0.3) is 0 Å². The van der Waals surface area contributed by atoms with Crippen molar-refractivity contribution in [3.05, 3.63) is 47.3 Å². The average Bonchev–Trinajstić information content (AvgIpc) is 3.42. The highest BCUT2D eigenvalue weighted by Crippen LogP contribution is 2.32. The molecule has 168 valence electrons.